The Balaban J connectivity index is 2.09. The minimum Gasteiger partial charge on any atom is -0.503 e. The van der Waals surface area contributed by atoms with E-state index in [-0.39, 0.29) is 5.57 Å². The first-order valence-corrected chi connectivity index (χ1v) is 11.3. The highest BCUT2D eigenvalue weighted by atomic mass is 32.1. The Kier molecular flexibility index (Phi) is 7.88. The molecule has 176 valence electrons. The molecule has 1 N–H and O–H groups in total. The summed E-state index contributed by atoms with van der Waals surface area (Å²) in [5, 5.41) is 11.5. The highest BCUT2D eigenvalue weighted by Crippen LogP contribution is 2.42. The van der Waals surface area contributed by atoms with Crippen LogP contribution in [0, 0.1) is 13.8 Å². The van der Waals surface area contributed by atoms with E-state index in [1.807, 2.05) is 6.92 Å². The Morgan fingerprint density at radius 3 is 2.67 bits per heavy atom. The molecular weight excluding hydrogens is 444 g/mol. The summed E-state index contributed by atoms with van der Waals surface area (Å²) in [6.45, 7) is 8.23. The van der Waals surface area contributed by atoms with Crippen molar-refractivity contribution in [3.05, 3.63) is 63.3 Å². The number of methoxy groups -OCH3 is 2. The van der Waals surface area contributed by atoms with Crippen molar-refractivity contribution in [1.82, 2.24) is 9.88 Å². The Labute approximate surface area is 197 Å². The first kappa shape index (κ1) is 24.5. The van der Waals surface area contributed by atoms with Gasteiger partial charge >= 0.3 is 0 Å². The second kappa shape index (κ2) is 10.6. The highest BCUT2D eigenvalue weighted by molar-refractivity contribution is 7.14. The molecule has 9 heteroatoms. The highest BCUT2D eigenvalue weighted by Gasteiger charge is 2.44. The second-order valence-corrected chi connectivity index (χ2v) is 8.70. The number of thiazole rings is 1. The molecule has 8 nitrogen and oxygen atoms in total. The number of hydrogen-bond acceptors (Lipinski definition) is 8. The van der Waals surface area contributed by atoms with Crippen molar-refractivity contribution in [2.45, 2.75) is 26.3 Å². The Bertz CT molecular complexity index is 1090. The molecule has 0 saturated carbocycles. The fourth-order valence-electron chi connectivity index (χ4n) is 3.83. The van der Waals surface area contributed by atoms with Crippen LogP contribution < -0.4 is 9.47 Å². The maximum atomic E-state index is 13.5. The molecule has 1 aromatic carbocycles. The predicted molar refractivity (Wildman–Crippen MR) is 125 cm³/mol. The molecule has 33 heavy (non-hydrogen) atoms. The molecule has 0 bridgehead atoms. The lowest BCUT2D eigenvalue weighted by atomic mass is 9.94. The molecule has 0 aliphatic carbocycles. The lowest BCUT2D eigenvalue weighted by molar-refractivity contribution is -0.129. The number of carbonyl (C=O) groups excluding carboxylic acids is 2. The molecule has 0 spiro atoms. The summed E-state index contributed by atoms with van der Waals surface area (Å²) < 4.78 is 16.2. The number of aliphatic hydroxyl groups is 1. The fourth-order valence-corrected chi connectivity index (χ4v) is 4.70. The van der Waals surface area contributed by atoms with Gasteiger partial charge in [-0.3, -0.25) is 9.59 Å². The van der Waals surface area contributed by atoms with E-state index >= 15 is 0 Å². The van der Waals surface area contributed by atoms with Crippen LogP contribution >= 0.6 is 11.3 Å². The third-order valence-corrected chi connectivity index (χ3v) is 6.34. The van der Waals surface area contributed by atoms with Gasteiger partial charge in [0.2, 0.25) is 5.78 Å². The van der Waals surface area contributed by atoms with Gasteiger partial charge in [-0.1, -0.05) is 18.7 Å². The minimum atomic E-state index is -0.786. The Morgan fingerprint density at radius 2 is 2.06 bits per heavy atom. The summed E-state index contributed by atoms with van der Waals surface area (Å²) in [7, 11) is 3.09. The topological polar surface area (TPSA) is 98.2 Å². The zero-order valence-corrected chi connectivity index (χ0v) is 20.0. The van der Waals surface area contributed by atoms with Gasteiger partial charge in [0.1, 0.15) is 6.61 Å². The molecule has 1 aliphatic rings. The summed E-state index contributed by atoms with van der Waals surface area (Å²) >= 11 is 1.24. The number of ketones is 1. The van der Waals surface area contributed by atoms with Crippen molar-refractivity contribution >= 4 is 23.0 Å². The number of aryl methyl sites for hydroxylation is 2. The first-order valence-electron chi connectivity index (χ1n) is 10.5. The van der Waals surface area contributed by atoms with Gasteiger partial charge in [-0.25, -0.2) is 4.98 Å². The van der Waals surface area contributed by atoms with E-state index in [4.69, 9.17) is 14.2 Å². The van der Waals surface area contributed by atoms with Gasteiger partial charge in [-0.05, 0) is 38.0 Å². The Morgan fingerprint density at radius 1 is 1.30 bits per heavy atom. The zero-order valence-electron chi connectivity index (χ0n) is 19.2. The summed E-state index contributed by atoms with van der Waals surface area (Å²) in [6.07, 6.45) is 2.17. The monoisotopic (exact) mass is 472 g/mol. The second-order valence-electron chi connectivity index (χ2n) is 7.50. The van der Waals surface area contributed by atoms with Gasteiger partial charge in [0, 0.05) is 20.3 Å². The normalized spacial score (nSPS) is 15.8. The molecule has 1 unspecified atom stereocenters. The number of nitrogens with zero attached hydrogens (tertiary/aromatic N) is 2. The molecule has 2 aromatic rings. The molecule has 1 aromatic heterocycles. The summed E-state index contributed by atoms with van der Waals surface area (Å²) in [5.74, 6) is -0.592. The minimum absolute atomic E-state index is 0.0333. The van der Waals surface area contributed by atoms with E-state index in [2.05, 4.69) is 11.6 Å². The quantitative estimate of drug-likeness (QED) is 0.300. The van der Waals surface area contributed by atoms with Crippen LogP contribution in [0.3, 0.4) is 0 Å². The van der Waals surface area contributed by atoms with Crippen molar-refractivity contribution in [1.29, 1.82) is 0 Å². The molecule has 1 aliphatic heterocycles. The molecule has 0 radical (unpaired) electrons. The number of aliphatic hydroxyl groups excluding tert-OH is 1. The van der Waals surface area contributed by atoms with Gasteiger partial charge in [-0.15, -0.1) is 11.3 Å². The van der Waals surface area contributed by atoms with E-state index in [1.165, 1.54) is 23.3 Å². The van der Waals surface area contributed by atoms with E-state index < -0.39 is 23.5 Å². The summed E-state index contributed by atoms with van der Waals surface area (Å²) in [6, 6.07) is 4.41. The predicted octanol–water partition coefficient (Wildman–Crippen LogP) is 3.95. The van der Waals surface area contributed by atoms with Crippen LogP contribution in [0.5, 0.6) is 11.5 Å². The molecular formula is C24H28N2O6S. The average Bonchev–Trinajstić information content (AvgIpc) is 3.27. The number of aromatic nitrogens is 1. The van der Waals surface area contributed by atoms with Crippen LogP contribution in [0.4, 0.5) is 0 Å². The van der Waals surface area contributed by atoms with Crippen LogP contribution in [0.25, 0.3) is 0 Å². The third-order valence-electron chi connectivity index (χ3n) is 5.27. The number of carbonyl (C=O) groups is 2. The van der Waals surface area contributed by atoms with Crippen LogP contribution in [-0.4, -0.2) is 60.7 Å². The number of benzene rings is 1. The van der Waals surface area contributed by atoms with Gasteiger partial charge in [0.15, 0.2) is 17.3 Å². The number of Topliss-reactive ketones (excluding diaryl/α,β-unsaturated/α-hetero) is 1. The van der Waals surface area contributed by atoms with Gasteiger partial charge < -0.3 is 24.2 Å². The molecule has 0 fully saturated rings. The number of hydrogen-bond donors (Lipinski definition) is 1. The lowest BCUT2D eigenvalue weighted by Gasteiger charge is -2.27. The average molecular weight is 473 g/mol. The zero-order chi connectivity index (χ0) is 24.1. The van der Waals surface area contributed by atoms with Crippen LogP contribution in [-0.2, 0) is 9.53 Å². The molecule has 0 saturated heterocycles. The first-order chi connectivity index (χ1) is 15.8. The lowest BCUT2D eigenvalue weighted by Crippen LogP contribution is -2.32. The van der Waals surface area contributed by atoms with E-state index in [0.29, 0.717) is 53.8 Å². The van der Waals surface area contributed by atoms with E-state index in [1.54, 1.807) is 38.3 Å². The van der Waals surface area contributed by atoms with Crippen molar-refractivity contribution in [3.63, 3.8) is 0 Å². The molecule has 3 rings (SSSR count). The number of rotatable bonds is 11. The van der Waals surface area contributed by atoms with Gasteiger partial charge in [0.25, 0.3) is 5.91 Å². The molecule has 1 amide bonds. The van der Waals surface area contributed by atoms with Crippen LogP contribution in [0.2, 0.25) is 0 Å². The summed E-state index contributed by atoms with van der Waals surface area (Å²) in [5.41, 5.74) is 1.22. The fraction of sp³-hybridized carbons (Fsp3) is 0.375. The smallest absolute Gasteiger partial charge is 0.290 e. The van der Waals surface area contributed by atoms with Crippen molar-refractivity contribution in [3.8, 4) is 11.5 Å². The van der Waals surface area contributed by atoms with Gasteiger partial charge in [-0.2, -0.15) is 0 Å². The van der Waals surface area contributed by atoms with Crippen molar-refractivity contribution in [2.75, 3.05) is 34.0 Å². The maximum absolute atomic E-state index is 13.5. The number of ether oxygens (including phenoxy) is 3. The Hall–Kier alpha value is -3.17. The molecule has 2 heterocycles. The van der Waals surface area contributed by atoms with E-state index in [9.17, 15) is 14.7 Å². The number of amides is 1. The van der Waals surface area contributed by atoms with Crippen molar-refractivity contribution < 1.29 is 28.9 Å². The maximum Gasteiger partial charge on any atom is 0.290 e. The largest absolute Gasteiger partial charge is 0.503 e. The van der Waals surface area contributed by atoms with Gasteiger partial charge in [0.05, 0.1) is 34.3 Å². The SMILES string of the molecule is C=CCOc1ccc(C2C(C(=O)c3sc(C)nc3C)=C(O)C(=O)N2CCCOC)cc1OC. The van der Waals surface area contributed by atoms with Crippen LogP contribution in [0.1, 0.15) is 38.4 Å². The standard InChI is InChI=1S/C24H28N2O6S/c1-6-11-32-17-9-8-16(13-18(17)31-5)20-19(21(27)23-14(2)25-15(3)33-23)22(28)24(29)26(20)10-7-12-30-4/h6,8-9,13,20,28H,1,7,10-12H2,2-5H3. The van der Waals surface area contributed by atoms with Crippen molar-refractivity contribution in [2.24, 2.45) is 0 Å². The van der Waals surface area contributed by atoms with E-state index in [0.717, 1.165) is 5.01 Å². The van der Waals surface area contributed by atoms with Crippen LogP contribution in [0.15, 0.2) is 42.2 Å². The molecule has 1 atom stereocenters. The third kappa shape index (κ3) is 4.94. The summed E-state index contributed by atoms with van der Waals surface area (Å²) in [4.78, 5) is 32.8.